The van der Waals surface area contributed by atoms with E-state index < -0.39 is 0 Å². The molecule has 25 heavy (non-hydrogen) atoms. The number of hydrogen-bond donors (Lipinski definition) is 1. The molecule has 0 bridgehead atoms. The topological polar surface area (TPSA) is 71.5 Å². The molecule has 1 aromatic heterocycles. The minimum atomic E-state index is -0.328. The van der Waals surface area contributed by atoms with Gasteiger partial charge in [-0.25, -0.2) is 4.79 Å². The number of carbonyl (C=O) groups is 2. The highest BCUT2D eigenvalue weighted by molar-refractivity contribution is 6.04. The molecule has 0 aliphatic carbocycles. The molecule has 0 atom stereocenters. The molecule has 2 heterocycles. The summed E-state index contributed by atoms with van der Waals surface area (Å²) in [6, 6.07) is 7.63. The van der Waals surface area contributed by atoms with Crippen LogP contribution in [0.4, 0.5) is 5.69 Å². The highest BCUT2D eigenvalue weighted by Crippen LogP contribution is 2.35. The summed E-state index contributed by atoms with van der Waals surface area (Å²) >= 11 is 0. The quantitative estimate of drug-likeness (QED) is 0.846. The van der Waals surface area contributed by atoms with Crippen LogP contribution in [0, 0.1) is 5.41 Å². The number of aromatic nitrogens is 1. The van der Waals surface area contributed by atoms with Crippen LogP contribution in [0.15, 0.2) is 30.5 Å². The number of pyridine rings is 1. The zero-order valence-electron chi connectivity index (χ0n) is 14.8. The van der Waals surface area contributed by atoms with Crippen LogP contribution in [0.25, 0.3) is 10.9 Å². The summed E-state index contributed by atoms with van der Waals surface area (Å²) < 4.78 is 5.14. The zero-order chi connectivity index (χ0) is 18.0. The van der Waals surface area contributed by atoms with Gasteiger partial charge >= 0.3 is 5.97 Å². The summed E-state index contributed by atoms with van der Waals surface area (Å²) in [5.41, 5.74) is 2.43. The largest absolute Gasteiger partial charge is 0.462 e. The summed E-state index contributed by atoms with van der Waals surface area (Å²) in [7, 11) is 0. The van der Waals surface area contributed by atoms with Gasteiger partial charge < -0.3 is 15.0 Å². The molecule has 6 nitrogen and oxygen atoms in total. The Balaban J connectivity index is 1.81. The molecular formula is C19H23N3O3. The number of carbonyl (C=O) groups excluding carboxylic acids is 2. The third kappa shape index (κ3) is 3.57. The van der Waals surface area contributed by atoms with Crippen LogP contribution in [0.2, 0.25) is 0 Å². The van der Waals surface area contributed by atoms with Crippen LogP contribution in [0.1, 0.15) is 31.1 Å². The molecule has 0 radical (unpaired) electrons. The second kappa shape index (κ2) is 6.70. The van der Waals surface area contributed by atoms with Gasteiger partial charge in [-0.1, -0.05) is 6.92 Å². The minimum Gasteiger partial charge on any atom is -0.462 e. The van der Waals surface area contributed by atoms with Crippen LogP contribution in [-0.4, -0.2) is 43.1 Å². The van der Waals surface area contributed by atoms with Crippen LogP contribution < -0.4 is 10.2 Å². The van der Waals surface area contributed by atoms with E-state index in [1.807, 2.05) is 18.2 Å². The first-order chi connectivity index (χ1) is 11.9. The average Bonchev–Trinajstić information content (AvgIpc) is 2.56. The van der Waals surface area contributed by atoms with Crippen molar-refractivity contribution in [1.82, 2.24) is 10.3 Å². The van der Waals surface area contributed by atoms with Crippen LogP contribution in [0.3, 0.4) is 0 Å². The lowest BCUT2D eigenvalue weighted by atomic mass is 9.81. The lowest BCUT2D eigenvalue weighted by molar-refractivity contribution is -0.119. The summed E-state index contributed by atoms with van der Waals surface area (Å²) in [5.74, 6) is -0.332. The van der Waals surface area contributed by atoms with Gasteiger partial charge in [0.1, 0.15) is 0 Å². The normalized spacial score (nSPS) is 15.6. The second-order valence-corrected chi connectivity index (χ2v) is 6.86. The Labute approximate surface area is 147 Å². The van der Waals surface area contributed by atoms with E-state index in [0.717, 1.165) is 29.7 Å². The third-order valence-corrected chi connectivity index (χ3v) is 4.49. The Morgan fingerprint density at radius 2 is 2.08 bits per heavy atom. The fraction of sp³-hybridized carbons (Fsp3) is 0.421. The lowest BCUT2D eigenvalue weighted by Gasteiger charge is -2.49. The van der Waals surface area contributed by atoms with Gasteiger partial charge in [-0.05, 0) is 31.2 Å². The summed E-state index contributed by atoms with van der Waals surface area (Å²) in [6.07, 6.45) is 1.63. The average molecular weight is 341 g/mol. The molecule has 0 spiro atoms. The Morgan fingerprint density at radius 3 is 2.76 bits per heavy atom. The van der Waals surface area contributed by atoms with Gasteiger partial charge in [0.15, 0.2) is 0 Å². The van der Waals surface area contributed by atoms with Crippen molar-refractivity contribution in [2.24, 2.45) is 5.41 Å². The molecule has 1 aliphatic rings. The monoisotopic (exact) mass is 341 g/mol. The molecule has 6 heteroatoms. The Bertz CT molecular complexity index is 813. The second-order valence-electron chi connectivity index (χ2n) is 6.86. The number of nitrogens with one attached hydrogen (secondary N) is 1. The molecule has 1 amide bonds. The van der Waals surface area contributed by atoms with Crippen molar-refractivity contribution >= 4 is 28.5 Å². The number of esters is 1. The summed E-state index contributed by atoms with van der Waals surface area (Å²) in [4.78, 5) is 29.9. The molecule has 1 fully saturated rings. The lowest BCUT2D eigenvalue weighted by Crippen LogP contribution is -2.59. The SMILES string of the molecule is CCOC(=O)c1ccnc2ccc(N3CC(C)(CNC(C)=O)C3)cc12. The predicted octanol–water partition coefficient (Wildman–Crippen LogP) is 2.37. The molecule has 3 rings (SSSR count). The highest BCUT2D eigenvalue weighted by Gasteiger charge is 2.38. The van der Waals surface area contributed by atoms with Crippen LogP contribution in [-0.2, 0) is 9.53 Å². The first-order valence-corrected chi connectivity index (χ1v) is 8.47. The van der Waals surface area contributed by atoms with Gasteiger partial charge in [-0.2, -0.15) is 0 Å². The van der Waals surface area contributed by atoms with Gasteiger partial charge in [0.05, 0.1) is 17.7 Å². The molecule has 1 aromatic carbocycles. The van der Waals surface area contributed by atoms with Gasteiger partial charge in [0.2, 0.25) is 5.91 Å². The van der Waals surface area contributed by atoms with Gasteiger partial charge in [0.25, 0.3) is 0 Å². The van der Waals surface area contributed by atoms with Crippen molar-refractivity contribution in [2.45, 2.75) is 20.8 Å². The molecule has 2 aromatic rings. The van der Waals surface area contributed by atoms with E-state index in [0.29, 0.717) is 18.7 Å². The fourth-order valence-corrected chi connectivity index (χ4v) is 3.23. The molecule has 132 valence electrons. The van der Waals surface area contributed by atoms with Crippen molar-refractivity contribution in [3.05, 3.63) is 36.0 Å². The molecule has 1 saturated heterocycles. The molecule has 0 saturated carbocycles. The Morgan fingerprint density at radius 1 is 1.32 bits per heavy atom. The number of benzene rings is 1. The van der Waals surface area contributed by atoms with E-state index in [9.17, 15) is 9.59 Å². The molecule has 1 aliphatic heterocycles. The number of rotatable bonds is 5. The molecule has 0 unspecified atom stereocenters. The third-order valence-electron chi connectivity index (χ3n) is 4.49. The standard InChI is InChI=1S/C19H23N3O3/c1-4-25-18(24)15-7-8-20-17-6-5-14(9-16(15)17)22-11-19(3,12-22)10-21-13(2)23/h5-9H,4,10-12H2,1-3H3,(H,21,23). The summed E-state index contributed by atoms with van der Waals surface area (Å²) in [6.45, 7) is 8.21. The van der Waals surface area contributed by atoms with Gasteiger partial charge in [-0.3, -0.25) is 9.78 Å². The number of amides is 1. The highest BCUT2D eigenvalue weighted by atomic mass is 16.5. The van der Waals surface area contributed by atoms with Crippen molar-refractivity contribution in [2.75, 3.05) is 31.1 Å². The van der Waals surface area contributed by atoms with Crippen molar-refractivity contribution in [3.8, 4) is 0 Å². The maximum Gasteiger partial charge on any atom is 0.338 e. The number of fused-ring (bicyclic) bond motifs is 1. The predicted molar refractivity (Wildman–Crippen MR) is 96.7 cm³/mol. The Hall–Kier alpha value is -2.63. The summed E-state index contributed by atoms with van der Waals surface area (Å²) in [5, 5.41) is 3.69. The zero-order valence-corrected chi connectivity index (χ0v) is 14.8. The fourth-order valence-electron chi connectivity index (χ4n) is 3.23. The van der Waals surface area contributed by atoms with E-state index in [2.05, 4.69) is 22.1 Å². The van der Waals surface area contributed by atoms with E-state index in [1.54, 1.807) is 19.2 Å². The van der Waals surface area contributed by atoms with E-state index in [1.165, 1.54) is 6.92 Å². The van der Waals surface area contributed by atoms with Crippen LogP contribution >= 0.6 is 0 Å². The maximum absolute atomic E-state index is 12.2. The van der Waals surface area contributed by atoms with Crippen molar-refractivity contribution < 1.29 is 14.3 Å². The van der Waals surface area contributed by atoms with Crippen molar-refractivity contribution in [3.63, 3.8) is 0 Å². The number of hydrogen-bond acceptors (Lipinski definition) is 5. The number of nitrogens with zero attached hydrogens (tertiary/aromatic N) is 2. The molecular weight excluding hydrogens is 318 g/mol. The molecule has 1 N–H and O–H groups in total. The first kappa shape index (κ1) is 17.2. The number of ether oxygens (including phenoxy) is 1. The van der Waals surface area contributed by atoms with Gasteiger partial charge in [0, 0.05) is 49.2 Å². The van der Waals surface area contributed by atoms with E-state index in [-0.39, 0.29) is 17.3 Å². The number of anilines is 1. The first-order valence-electron chi connectivity index (χ1n) is 8.47. The smallest absolute Gasteiger partial charge is 0.338 e. The Kier molecular flexibility index (Phi) is 4.61. The van der Waals surface area contributed by atoms with Crippen molar-refractivity contribution in [1.29, 1.82) is 0 Å². The van der Waals surface area contributed by atoms with E-state index in [4.69, 9.17) is 4.74 Å². The minimum absolute atomic E-state index is 0.00414. The van der Waals surface area contributed by atoms with Gasteiger partial charge in [-0.15, -0.1) is 0 Å². The van der Waals surface area contributed by atoms with E-state index >= 15 is 0 Å². The van der Waals surface area contributed by atoms with Crippen LogP contribution in [0.5, 0.6) is 0 Å². The maximum atomic E-state index is 12.2.